The summed E-state index contributed by atoms with van der Waals surface area (Å²) in [5.74, 6) is -1.13. The summed E-state index contributed by atoms with van der Waals surface area (Å²) in [7, 11) is 1.68. The molecule has 0 fully saturated rings. The average Bonchev–Trinajstić information content (AvgIpc) is 2.96. The van der Waals surface area contributed by atoms with E-state index < -0.39 is 18.1 Å². The summed E-state index contributed by atoms with van der Waals surface area (Å²) in [6, 6.07) is 8.08. The summed E-state index contributed by atoms with van der Waals surface area (Å²) in [6.45, 7) is 2.00. The van der Waals surface area contributed by atoms with Crippen molar-refractivity contribution in [2.75, 3.05) is 6.54 Å². The molecule has 7 nitrogen and oxygen atoms in total. The average molecular weight is 317 g/mol. The fourth-order valence-electron chi connectivity index (χ4n) is 2.27. The maximum absolute atomic E-state index is 12.3. The van der Waals surface area contributed by atoms with Crippen molar-refractivity contribution in [2.24, 2.45) is 7.05 Å². The third kappa shape index (κ3) is 3.88. The fourth-order valence-corrected chi connectivity index (χ4v) is 2.27. The van der Waals surface area contributed by atoms with Crippen LogP contribution in [0.2, 0.25) is 0 Å². The van der Waals surface area contributed by atoms with E-state index in [9.17, 15) is 14.7 Å². The van der Waals surface area contributed by atoms with E-state index in [1.807, 2.05) is 30.3 Å². The van der Waals surface area contributed by atoms with Crippen LogP contribution in [0.5, 0.6) is 0 Å². The number of carbonyl (C=O) groups is 2. The summed E-state index contributed by atoms with van der Waals surface area (Å²) in [5, 5.41) is 9.51. The molecule has 2 rings (SSSR count). The van der Waals surface area contributed by atoms with Crippen LogP contribution in [0, 0.1) is 0 Å². The van der Waals surface area contributed by atoms with Gasteiger partial charge >= 0.3 is 12.1 Å². The summed E-state index contributed by atoms with van der Waals surface area (Å²) in [6.07, 6.45) is 2.25. The minimum atomic E-state index is -1.14. The van der Waals surface area contributed by atoms with Gasteiger partial charge in [-0.3, -0.25) is 4.90 Å². The van der Waals surface area contributed by atoms with Crippen LogP contribution in [-0.2, 0) is 23.2 Å². The zero-order valence-electron chi connectivity index (χ0n) is 13.0. The molecular weight excluding hydrogens is 298 g/mol. The summed E-state index contributed by atoms with van der Waals surface area (Å²) < 4.78 is 6.82. The number of hydrogen-bond acceptors (Lipinski definition) is 4. The Labute approximate surface area is 134 Å². The van der Waals surface area contributed by atoms with Crippen molar-refractivity contribution in [2.45, 2.75) is 19.6 Å². The Bertz CT molecular complexity index is 669. The Hall–Kier alpha value is -2.83. The number of likely N-dealkylation sites (N-methyl/N-ethyl adjacent to an activating group) is 1. The van der Waals surface area contributed by atoms with Crippen LogP contribution >= 0.6 is 0 Å². The molecule has 0 radical (unpaired) electrons. The third-order valence-electron chi connectivity index (χ3n) is 3.46. The van der Waals surface area contributed by atoms with E-state index in [2.05, 4.69) is 4.98 Å². The lowest BCUT2D eigenvalue weighted by molar-refractivity contribution is -0.143. The van der Waals surface area contributed by atoms with E-state index in [0.29, 0.717) is 5.69 Å². The van der Waals surface area contributed by atoms with Gasteiger partial charge in [-0.05, 0) is 12.5 Å². The van der Waals surface area contributed by atoms with Gasteiger partial charge in [-0.1, -0.05) is 30.3 Å². The monoisotopic (exact) mass is 317 g/mol. The quantitative estimate of drug-likeness (QED) is 0.883. The summed E-state index contributed by atoms with van der Waals surface area (Å²) in [5.41, 5.74) is 1.25. The number of hydrogen-bond donors (Lipinski definition) is 1. The molecule has 2 aromatic rings. The van der Waals surface area contributed by atoms with E-state index in [-0.39, 0.29) is 13.2 Å². The normalized spacial score (nSPS) is 11.7. The number of carbonyl (C=O) groups excluding carboxylic acids is 1. The number of amides is 1. The van der Waals surface area contributed by atoms with Crippen molar-refractivity contribution in [1.82, 2.24) is 14.5 Å². The van der Waals surface area contributed by atoms with Crippen LogP contribution in [-0.4, -0.2) is 38.2 Å². The maximum atomic E-state index is 12.3. The molecule has 1 aromatic heterocycles. The molecule has 1 atom stereocenters. The number of aliphatic carboxylic acids is 1. The minimum absolute atomic E-state index is 0.0912. The van der Waals surface area contributed by atoms with Crippen molar-refractivity contribution in [3.05, 3.63) is 54.1 Å². The van der Waals surface area contributed by atoms with E-state index >= 15 is 0 Å². The predicted octanol–water partition coefficient (Wildman–Crippen LogP) is 2.20. The molecule has 23 heavy (non-hydrogen) atoms. The first-order valence-corrected chi connectivity index (χ1v) is 7.21. The number of carboxylic acids is 1. The zero-order chi connectivity index (χ0) is 16.8. The van der Waals surface area contributed by atoms with Crippen LogP contribution in [0.3, 0.4) is 0 Å². The second-order valence-corrected chi connectivity index (χ2v) is 5.00. The molecule has 1 heterocycles. The number of benzene rings is 1. The Balaban J connectivity index is 2.14. The van der Waals surface area contributed by atoms with Gasteiger partial charge in [-0.2, -0.15) is 0 Å². The van der Waals surface area contributed by atoms with Crippen LogP contribution in [0.25, 0.3) is 0 Å². The highest BCUT2D eigenvalue weighted by atomic mass is 16.6. The maximum Gasteiger partial charge on any atom is 0.411 e. The smallest absolute Gasteiger partial charge is 0.411 e. The van der Waals surface area contributed by atoms with Gasteiger partial charge in [-0.25, -0.2) is 14.6 Å². The second-order valence-electron chi connectivity index (χ2n) is 5.00. The number of ether oxygens (including phenoxy) is 1. The minimum Gasteiger partial charge on any atom is -0.479 e. The molecule has 0 spiro atoms. The van der Waals surface area contributed by atoms with E-state index in [0.717, 1.165) is 5.56 Å². The highest BCUT2D eigenvalue weighted by Gasteiger charge is 2.33. The standard InChI is InChI=1S/C16H19N3O4/c1-3-19(14(15(20)21)13-9-17-11-18(13)2)16(22)23-10-12-7-5-4-6-8-12/h4-9,11,14H,3,10H2,1-2H3,(H,20,21). The fraction of sp³-hybridized carbons (Fsp3) is 0.312. The van der Waals surface area contributed by atoms with Crippen molar-refractivity contribution in [3.8, 4) is 0 Å². The van der Waals surface area contributed by atoms with Gasteiger partial charge in [0.2, 0.25) is 0 Å². The van der Waals surface area contributed by atoms with E-state index in [4.69, 9.17) is 4.74 Å². The number of carboxylic acid groups (broad SMARTS) is 1. The molecule has 0 bridgehead atoms. The molecule has 7 heteroatoms. The Morgan fingerprint density at radius 2 is 2.04 bits per heavy atom. The molecule has 1 N–H and O–H groups in total. The molecule has 0 aliphatic carbocycles. The van der Waals surface area contributed by atoms with Crippen LogP contribution in [0.4, 0.5) is 4.79 Å². The van der Waals surface area contributed by atoms with Gasteiger partial charge in [-0.15, -0.1) is 0 Å². The van der Waals surface area contributed by atoms with Gasteiger partial charge in [0.15, 0.2) is 6.04 Å². The lowest BCUT2D eigenvalue weighted by atomic mass is 10.2. The van der Waals surface area contributed by atoms with Crippen molar-refractivity contribution < 1.29 is 19.4 Å². The molecule has 1 amide bonds. The molecule has 122 valence electrons. The van der Waals surface area contributed by atoms with Gasteiger partial charge in [0, 0.05) is 13.6 Å². The Morgan fingerprint density at radius 1 is 1.35 bits per heavy atom. The van der Waals surface area contributed by atoms with Gasteiger partial charge in [0.25, 0.3) is 0 Å². The SMILES string of the molecule is CCN(C(=O)OCc1ccccc1)C(C(=O)O)c1cncn1C. The first kappa shape index (κ1) is 16.5. The highest BCUT2D eigenvalue weighted by molar-refractivity contribution is 5.81. The van der Waals surface area contributed by atoms with E-state index in [1.54, 1.807) is 18.5 Å². The van der Waals surface area contributed by atoms with Gasteiger partial charge < -0.3 is 14.4 Å². The van der Waals surface area contributed by atoms with Gasteiger partial charge in [0.05, 0.1) is 18.2 Å². The molecule has 0 aliphatic rings. The largest absolute Gasteiger partial charge is 0.479 e. The molecule has 0 saturated heterocycles. The third-order valence-corrected chi connectivity index (χ3v) is 3.46. The first-order valence-electron chi connectivity index (χ1n) is 7.21. The Morgan fingerprint density at radius 3 is 2.57 bits per heavy atom. The zero-order valence-corrected chi connectivity index (χ0v) is 13.0. The van der Waals surface area contributed by atoms with E-state index in [1.165, 1.54) is 17.4 Å². The van der Waals surface area contributed by atoms with Crippen LogP contribution < -0.4 is 0 Å². The Kier molecular flexibility index (Phi) is 5.35. The summed E-state index contributed by atoms with van der Waals surface area (Å²) >= 11 is 0. The molecular formula is C16H19N3O4. The summed E-state index contributed by atoms with van der Waals surface area (Å²) in [4.78, 5) is 29.0. The number of aryl methyl sites for hydroxylation is 1. The van der Waals surface area contributed by atoms with Crippen molar-refractivity contribution in [1.29, 1.82) is 0 Å². The lowest BCUT2D eigenvalue weighted by Crippen LogP contribution is -2.40. The first-order chi connectivity index (χ1) is 11.0. The van der Waals surface area contributed by atoms with Crippen molar-refractivity contribution >= 4 is 12.1 Å². The molecule has 1 aromatic carbocycles. The van der Waals surface area contributed by atoms with Crippen LogP contribution in [0.1, 0.15) is 24.2 Å². The molecule has 0 saturated carbocycles. The highest BCUT2D eigenvalue weighted by Crippen LogP contribution is 2.21. The number of rotatable bonds is 6. The molecule has 1 unspecified atom stereocenters. The van der Waals surface area contributed by atoms with Crippen LogP contribution in [0.15, 0.2) is 42.9 Å². The number of aromatic nitrogens is 2. The predicted molar refractivity (Wildman–Crippen MR) is 82.6 cm³/mol. The molecule has 0 aliphatic heterocycles. The topological polar surface area (TPSA) is 84.7 Å². The van der Waals surface area contributed by atoms with Gasteiger partial charge in [0.1, 0.15) is 6.61 Å². The number of nitrogens with zero attached hydrogens (tertiary/aromatic N) is 3. The second kappa shape index (κ2) is 7.44. The number of imidazole rings is 1. The lowest BCUT2D eigenvalue weighted by Gasteiger charge is -2.27. The van der Waals surface area contributed by atoms with Crippen molar-refractivity contribution in [3.63, 3.8) is 0 Å².